The summed E-state index contributed by atoms with van der Waals surface area (Å²) in [6.07, 6.45) is 4.14. The van der Waals surface area contributed by atoms with Crippen molar-refractivity contribution in [1.29, 1.82) is 0 Å². The van der Waals surface area contributed by atoms with Crippen molar-refractivity contribution < 1.29 is 29.3 Å². The summed E-state index contributed by atoms with van der Waals surface area (Å²) in [5.74, 6) is -3.76. The number of ether oxygens (including phenoxy) is 1. The van der Waals surface area contributed by atoms with Gasteiger partial charge in [-0.2, -0.15) is 0 Å². The second-order valence-corrected chi connectivity index (χ2v) is 11.4. The molecule has 36 heavy (non-hydrogen) atoms. The van der Waals surface area contributed by atoms with Gasteiger partial charge in [0, 0.05) is 24.5 Å². The maximum atomic E-state index is 14.4. The van der Waals surface area contributed by atoms with E-state index in [1.807, 2.05) is 13.0 Å². The standard InChI is InChI=1S/C26H32BrClN2O6/c1-3-11-29(20-15(2)9-8-10-17(20)28)24(33)22-26-14-16(27)21(36-26)18(25(34)35)19(26)23(32)30(22)12-6-4-5-7-13-31/h3,8-10,16,18-19,21-22,31H,1,4-7,11-14H2,2H3,(H,34,35)/t16?,18-,19+,21-,22-,26+/m1/s1. The van der Waals surface area contributed by atoms with Crippen LogP contribution in [0, 0.1) is 18.8 Å². The Balaban J connectivity index is 1.76. The number of carbonyl (C=O) groups excluding carboxylic acids is 2. The highest BCUT2D eigenvalue weighted by Gasteiger charge is 2.76. The third-order valence-electron chi connectivity index (χ3n) is 7.65. The van der Waals surface area contributed by atoms with E-state index in [9.17, 15) is 19.5 Å². The number of halogens is 2. The maximum absolute atomic E-state index is 14.4. The number of carboxylic acid groups (broad SMARTS) is 1. The second kappa shape index (κ2) is 10.8. The van der Waals surface area contributed by atoms with E-state index in [0.717, 1.165) is 18.4 Å². The fourth-order valence-electron chi connectivity index (χ4n) is 6.21. The lowest BCUT2D eigenvalue weighted by molar-refractivity contribution is -0.149. The molecule has 3 heterocycles. The van der Waals surface area contributed by atoms with Crippen LogP contribution < -0.4 is 4.90 Å². The number of hydrogen-bond acceptors (Lipinski definition) is 5. The molecule has 1 aromatic carbocycles. The molecule has 2 bridgehead atoms. The van der Waals surface area contributed by atoms with Gasteiger partial charge >= 0.3 is 5.97 Å². The Morgan fingerprint density at radius 1 is 1.33 bits per heavy atom. The number of anilines is 1. The minimum absolute atomic E-state index is 0.102. The van der Waals surface area contributed by atoms with E-state index in [1.165, 1.54) is 9.80 Å². The summed E-state index contributed by atoms with van der Waals surface area (Å²) < 4.78 is 6.34. The van der Waals surface area contributed by atoms with Crippen molar-refractivity contribution >= 4 is 51.0 Å². The number of aliphatic carboxylic acids is 1. The van der Waals surface area contributed by atoms with Crippen LogP contribution in [-0.2, 0) is 19.1 Å². The van der Waals surface area contributed by atoms with Gasteiger partial charge in [-0.1, -0.05) is 58.6 Å². The van der Waals surface area contributed by atoms with Crippen molar-refractivity contribution in [3.8, 4) is 0 Å². The van der Waals surface area contributed by atoms with Gasteiger partial charge in [-0.05, 0) is 37.8 Å². The number of hydrogen-bond donors (Lipinski definition) is 2. The van der Waals surface area contributed by atoms with E-state index in [1.54, 1.807) is 18.2 Å². The summed E-state index contributed by atoms with van der Waals surface area (Å²) >= 11 is 10.1. The zero-order valence-electron chi connectivity index (χ0n) is 20.2. The fourth-order valence-corrected chi connectivity index (χ4v) is 7.48. The molecule has 2 amide bonds. The van der Waals surface area contributed by atoms with Gasteiger partial charge in [0.05, 0.1) is 28.6 Å². The van der Waals surface area contributed by atoms with Gasteiger partial charge in [0.25, 0.3) is 5.91 Å². The molecule has 2 N–H and O–H groups in total. The van der Waals surface area contributed by atoms with Crippen LogP contribution in [0.3, 0.4) is 0 Å². The molecule has 0 saturated carbocycles. The molecule has 0 aliphatic carbocycles. The number of fused-ring (bicyclic) bond motifs is 1. The molecule has 8 nitrogen and oxygen atoms in total. The van der Waals surface area contributed by atoms with E-state index in [2.05, 4.69) is 22.5 Å². The molecule has 6 atom stereocenters. The van der Waals surface area contributed by atoms with Gasteiger partial charge < -0.3 is 24.7 Å². The van der Waals surface area contributed by atoms with Crippen LogP contribution in [0.15, 0.2) is 30.9 Å². The summed E-state index contributed by atoms with van der Waals surface area (Å²) in [6.45, 7) is 6.24. The number of aryl methyl sites for hydroxylation is 1. The van der Waals surface area contributed by atoms with Gasteiger partial charge in [-0.15, -0.1) is 6.58 Å². The van der Waals surface area contributed by atoms with Gasteiger partial charge in [-0.3, -0.25) is 14.4 Å². The van der Waals surface area contributed by atoms with Gasteiger partial charge in [0.2, 0.25) is 5.91 Å². The second-order valence-electron chi connectivity index (χ2n) is 9.81. The lowest BCUT2D eigenvalue weighted by atomic mass is 9.70. The van der Waals surface area contributed by atoms with Gasteiger partial charge in [-0.25, -0.2) is 0 Å². The van der Waals surface area contributed by atoms with E-state index < -0.39 is 35.6 Å². The van der Waals surface area contributed by atoms with Crippen molar-refractivity contribution in [2.75, 3.05) is 24.6 Å². The topological polar surface area (TPSA) is 107 Å². The summed E-state index contributed by atoms with van der Waals surface area (Å²) in [7, 11) is 0. The average Bonchev–Trinajstić information content (AvgIpc) is 3.41. The maximum Gasteiger partial charge on any atom is 0.310 e. The Bertz CT molecular complexity index is 1030. The van der Waals surface area contributed by atoms with Crippen molar-refractivity contribution in [2.24, 2.45) is 11.8 Å². The number of unbranched alkanes of at least 4 members (excludes halogenated alkanes) is 3. The fraction of sp³-hybridized carbons (Fsp3) is 0.577. The molecule has 3 saturated heterocycles. The van der Waals surface area contributed by atoms with Crippen molar-refractivity contribution in [1.82, 2.24) is 4.90 Å². The van der Waals surface area contributed by atoms with Crippen LogP contribution >= 0.6 is 27.5 Å². The SMILES string of the molecule is C=CCN(C(=O)[C@H]1N(CCCCCCO)C(=O)[C@@H]2[C@@H](C(=O)O)[C@@H]3O[C@@]21CC3Br)c1c(C)cccc1Cl. The number of carbonyl (C=O) groups is 3. The van der Waals surface area contributed by atoms with Crippen LogP contribution in [0.5, 0.6) is 0 Å². The van der Waals surface area contributed by atoms with Crippen LogP contribution in [-0.4, -0.2) is 75.2 Å². The van der Waals surface area contributed by atoms with Crippen LogP contribution in [0.2, 0.25) is 5.02 Å². The minimum atomic E-state index is -1.24. The average molecular weight is 584 g/mol. The van der Waals surface area contributed by atoms with Gasteiger partial charge in [0.15, 0.2) is 0 Å². The molecule has 3 aliphatic rings. The number of aliphatic hydroxyl groups is 1. The smallest absolute Gasteiger partial charge is 0.310 e. The number of para-hydroxylation sites is 1. The molecule has 0 radical (unpaired) electrons. The summed E-state index contributed by atoms with van der Waals surface area (Å²) in [5.41, 5.74) is 0.0949. The van der Waals surface area contributed by atoms with E-state index in [4.69, 9.17) is 21.4 Å². The van der Waals surface area contributed by atoms with Crippen molar-refractivity contribution in [2.45, 2.75) is 61.6 Å². The number of alkyl halides is 1. The third kappa shape index (κ3) is 4.38. The number of likely N-dealkylation sites (tertiary alicyclic amines) is 1. The number of rotatable bonds is 11. The molecule has 196 valence electrons. The number of benzene rings is 1. The number of amides is 2. The van der Waals surface area contributed by atoms with Crippen molar-refractivity contribution in [3.05, 3.63) is 41.4 Å². The highest BCUT2D eigenvalue weighted by atomic mass is 79.9. The Hall–Kier alpha value is -1.94. The number of carboxylic acids is 1. The third-order valence-corrected chi connectivity index (χ3v) is 8.80. The van der Waals surface area contributed by atoms with E-state index in [0.29, 0.717) is 36.5 Å². The summed E-state index contributed by atoms with van der Waals surface area (Å²) in [5, 5.41) is 19.5. The first kappa shape index (κ1) is 27.1. The Morgan fingerprint density at radius 2 is 2.06 bits per heavy atom. The van der Waals surface area contributed by atoms with Crippen molar-refractivity contribution in [3.63, 3.8) is 0 Å². The molecule has 1 aromatic rings. The molecular weight excluding hydrogens is 552 g/mol. The highest BCUT2D eigenvalue weighted by Crippen LogP contribution is 2.60. The Morgan fingerprint density at radius 3 is 2.69 bits per heavy atom. The number of aliphatic hydroxyl groups excluding tert-OH is 1. The first-order valence-electron chi connectivity index (χ1n) is 12.3. The molecule has 4 rings (SSSR count). The zero-order valence-corrected chi connectivity index (χ0v) is 22.6. The Kier molecular flexibility index (Phi) is 8.14. The molecule has 1 unspecified atom stereocenters. The summed E-state index contributed by atoms with van der Waals surface area (Å²) in [4.78, 5) is 43.2. The normalized spacial score (nSPS) is 30.5. The number of nitrogens with zero attached hydrogens (tertiary/aromatic N) is 2. The van der Waals surface area contributed by atoms with E-state index in [-0.39, 0.29) is 29.8 Å². The highest BCUT2D eigenvalue weighted by molar-refractivity contribution is 9.09. The molecule has 10 heteroatoms. The summed E-state index contributed by atoms with van der Waals surface area (Å²) in [6, 6.07) is 4.38. The largest absolute Gasteiger partial charge is 0.481 e. The molecule has 1 spiro atoms. The molecule has 3 fully saturated rings. The lowest BCUT2D eigenvalue weighted by Crippen LogP contribution is -2.57. The van der Waals surface area contributed by atoms with Gasteiger partial charge in [0.1, 0.15) is 11.6 Å². The van der Waals surface area contributed by atoms with Crippen LogP contribution in [0.25, 0.3) is 0 Å². The zero-order chi connectivity index (χ0) is 26.2. The Labute approximate surface area is 224 Å². The van der Waals surface area contributed by atoms with Crippen LogP contribution in [0.1, 0.15) is 37.7 Å². The molecule has 0 aromatic heterocycles. The van der Waals surface area contributed by atoms with Crippen LogP contribution in [0.4, 0.5) is 5.69 Å². The first-order chi connectivity index (χ1) is 17.2. The molecule has 3 aliphatic heterocycles. The first-order valence-corrected chi connectivity index (χ1v) is 13.6. The predicted molar refractivity (Wildman–Crippen MR) is 139 cm³/mol. The predicted octanol–water partition coefficient (Wildman–Crippen LogP) is 3.55. The quantitative estimate of drug-likeness (QED) is 0.234. The molecular formula is C26H32BrClN2O6. The minimum Gasteiger partial charge on any atom is -0.481 e. The van der Waals surface area contributed by atoms with E-state index >= 15 is 0 Å². The lowest BCUT2D eigenvalue weighted by Gasteiger charge is -2.37. The monoisotopic (exact) mass is 582 g/mol.